The molecule has 0 radical (unpaired) electrons. The van der Waals surface area contributed by atoms with Crippen molar-refractivity contribution >= 4 is 11.4 Å². The van der Waals surface area contributed by atoms with Gasteiger partial charge in [0.2, 0.25) is 6.79 Å². The summed E-state index contributed by atoms with van der Waals surface area (Å²) in [4.78, 5) is 10.9. The second-order valence-electron chi connectivity index (χ2n) is 7.35. The highest BCUT2D eigenvalue weighted by Gasteiger charge is 2.36. The number of nitro benzene ring substituents is 1. The third-order valence-electron chi connectivity index (χ3n) is 5.76. The largest absolute Gasteiger partial charge is 0.454 e. The van der Waals surface area contributed by atoms with Crippen molar-refractivity contribution in [3.05, 3.63) is 57.1 Å². The number of rotatable bonds is 5. The van der Waals surface area contributed by atoms with Crippen LogP contribution in [0.4, 0.5) is 11.4 Å². The fourth-order valence-electron chi connectivity index (χ4n) is 3.96. The number of nitriles is 1. The molecule has 0 aromatic heterocycles. The summed E-state index contributed by atoms with van der Waals surface area (Å²) in [6.45, 7) is 3.74. The van der Waals surface area contributed by atoms with Gasteiger partial charge in [0.1, 0.15) is 0 Å². The second-order valence-corrected chi connectivity index (χ2v) is 7.35. The first-order valence-corrected chi connectivity index (χ1v) is 9.43. The van der Waals surface area contributed by atoms with Gasteiger partial charge < -0.3 is 19.5 Å². The lowest BCUT2D eigenvalue weighted by molar-refractivity contribution is -0.385. The third-order valence-corrected chi connectivity index (χ3v) is 5.76. The summed E-state index contributed by atoms with van der Waals surface area (Å²) in [6, 6.07) is 10.9. The van der Waals surface area contributed by atoms with Gasteiger partial charge in [-0.05, 0) is 43.5 Å². The Kier molecular flexibility index (Phi) is 4.99. The first-order valence-electron chi connectivity index (χ1n) is 9.43. The third kappa shape index (κ3) is 3.57. The molecule has 0 amide bonds. The van der Waals surface area contributed by atoms with Crippen LogP contribution in [-0.4, -0.2) is 31.5 Å². The first-order chi connectivity index (χ1) is 14.0. The van der Waals surface area contributed by atoms with Crippen LogP contribution in [0.3, 0.4) is 0 Å². The number of nitrogens with zero attached hydrogens (tertiary/aromatic N) is 2. The van der Waals surface area contributed by atoms with Crippen molar-refractivity contribution < 1.29 is 19.1 Å². The molecule has 1 N–H and O–H groups in total. The van der Waals surface area contributed by atoms with Crippen LogP contribution in [-0.2, 0) is 10.2 Å². The number of ether oxygens (including phenoxy) is 3. The SMILES string of the molecule is Cc1c(NCC2(c3ccc4c(c3)OCO4)CCOCC2)cc(C#N)cc1[N+](=O)[O-]. The zero-order valence-electron chi connectivity index (χ0n) is 16.1. The maximum atomic E-state index is 11.4. The molecular formula is C21H21N3O5. The lowest BCUT2D eigenvalue weighted by atomic mass is 9.74. The van der Waals surface area contributed by atoms with Crippen molar-refractivity contribution in [2.45, 2.75) is 25.2 Å². The van der Waals surface area contributed by atoms with E-state index in [1.165, 1.54) is 6.07 Å². The first kappa shape index (κ1) is 19.0. The Morgan fingerprint density at radius 3 is 2.69 bits per heavy atom. The van der Waals surface area contributed by atoms with Crippen LogP contribution >= 0.6 is 0 Å². The van der Waals surface area contributed by atoms with Gasteiger partial charge >= 0.3 is 0 Å². The molecule has 4 rings (SSSR count). The van der Waals surface area contributed by atoms with Crippen LogP contribution in [0.5, 0.6) is 11.5 Å². The molecule has 0 bridgehead atoms. The average molecular weight is 395 g/mol. The van der Waals surface area contributed by atoms with Crippen LogP contribution in [0.2, 0.25) is 0 Å². The predicted molar refractivity (Wildman–Crippen MR) is 105 cm³/mol. The standard InChI is InChI=1S/C21H21N3O5/c1-14-17(8-15(11-22)9-18(14)24(25)26)23-12-21(4-6-27-7-5-21)16-2-3-19-20(10-16)29-13-28-19/h2-3,8-10,23H,4-7,12-13H2,1H3. The molecule has 8 nitrogen and oxygen atoms in total. The minimum absolute atomic E-state index is 0.0596. The summed E-state index contributed by atoms with van der Waals surface area (Å²) in [6.07, 6.45) is 1.61. The topological polar surface area (TPSA) is 107 Å². The maximum Gasteiger partial charge on any atom is 0.275 e. The van der Waals surface area contributed by atoms with Gasteiger partial charge in [-0.2, -0.15) is 5.26 Å². The molecule has 0 unspecified atom stereocenters. The smallest absolute Gasteiger partial charge is 0.275 e. The van der Waals surface area contributed by atoms with Gasteiger partial charge in [0.15, 0.2) is 11.5 Å². The van der Waals surface area contributed by atoms with E-state index in [0.717, 1.165) is 29.9 Å². The summed E-state index contributed by atoms with van der Waals surface area (Å²) in [5.74, 6) is 1.46. The monoisotopic (exact) mass is 395 g/mol. The summed E-state index contributed by atoms with van der Waals surface area (Å²) < 4.78 is 16.6. The molecule has 0 spiro atoms. The Morgan fingerprint density at radius 2 is 1.97 bits per heavy atom. The van der Waals surface area contributed by atoms with E-state index in [-0.39, 0.29) is 23.5 Å². The van der Waals surface area contributed by atoms with Gasteiger partial charge in [-0.25, -0.2) is 0 Å². The van der Waals surface area contributed by atoms with Crippen molar-refractivity contribution in [2.75, 3.05) is 31.9 Å². The lowest BCUT2D eigenvalue weighted by Gasteiger charge is -2.38. The zero-order valence-corrected chi connectivity index (χ0v) is 16.1. The summed E-state index contributed by atoms with van der Waals surface area (Å²) >= 11 is 0. The van der Waals surface area contributed by atoms with E-state index in [2.05, 4.69) is 5.32 Å². The second kappa shape index (κ2) is 7.60. The highest BCUT2D eigenvalue weighted by atomic mass is 16.7. The molecule has 1 fully saturated rings. The summed E-state index contributed by atoms with van der Waals surface area (Å²) in [7, 11) is 0. The van der Waals surface area contributed by atoms with Crippen LogP contribution in [0, 0.1) is 28.4 Å². The van der Waals surface area contributed by atoms with Crippen LogP contribution in [0.15, 0.2) is 30.3 Å². The molecule has 2 aliphatic heterocycles. The molecule has 0 aliphatic carbocycles. The van der Waals surface area contributed by atoms with Gasteiger partial charge in [0.05, 0.1) is 16.6 Å². The van der Waals surface area contributed by atoms with Crippen LogP contribution in [0.25, 0.3) is 0 Å². The normalized spacial score (nSPS) is 16.8. The van der Waals surface area contributed by atoms with Crippen molar-refractivity contribution in [3.63, 3.8) is 0 Å². The van der Waals surface area contributed by atoms with E-state index in [9.17, 15) is 15.4 Å². The highest BCUT2D eigenvalue weighted by molar-refractivity contribution is 5.64. The number of hydrogen-bond donors (Lipinski definition) is 1. The predicted octanol–water partition coefficient (Wildman–Crippen LogP) is 3.66. The Bertz CT molecular complexity index is 993. The molecule has 150 valence electrons. The van der Waals surface area contributed by atoms with E-state index < -0.39 is 4.92 Å². The molecule has 2 aromatic carbocycles. The summed E-state index contributed by atoms with van der Waals surface area (Å²) in [5.41, 5.74) is 2.21. The molecule has 29 heavy (non-hydrogen) atoms. The zero-order chi connectivity index (χ0) is 20.4. The summed E-state index contributed by atoms with van der Waals surface area (Å²) in [5, 5.41) is 24.0. The molecule has 0 atom stereocenters. The quantitative estimate of drug-likeness (QED) is 0.608. The van der Waals surface area contributed by atoms with Gasteiger partial charge in [-0.1, -0.05) is 6.07 Å². The van der Waals surface area contributed by atoms with Crippen molar-refractivity contribution in [2.24, 2.45) is 0 Å². The van der Waals surface area contributed by atoms with E-state index in [1.54, 1.807) is 13.0 Å². The fraction of sp³-hybridized carbons (Fsp3) is 0.381. The molecule has 2 heterocycles. The van der Waals surface area contributed by atoms with E-state index >= 15 is 0 Å². The van der Waals surface area contributed by atoms with Crippen molar-refractivity contribution in [3.8, 4) is 17.6 Å². The van der Waals surface area contributed by atoms with Gasteiger partial charge in [-0.15, -0.1) is 0 Å². The van der Waals surface area contributed by atoms with Crippen LogP contribution < -0.4 is 14.8 Å². The van der Waals surface area contributed by atoms with E-state index in [4.69, 9.17) is 14.2 Å². The molecule has 2 aromatic rings. The number of hydrogen-bond acceptors (Lipinski definition) is 7. The maximum absolute atomic E-state index is 11.4. The minimum atomic E-state index is -0.455. The number of nitro groups is 1. The molecule has 1 saturated heterocycles. The average Bonchev–Trinajstić information content (AvgIpc) is 3.21. The molecule has 0 saturated carbocycles. The number of nitrogens with one attached hydrogen (secondary N) is 1. The van der Waals surface area contributed by atoms with Crippen LogP contribution in [0.1, 0.15) is 29.5 Å². The van der Waals surface area contributed by atoms with Gasteiger partial charge in [0.25, 0.3) is 5.69 Å². The van der Waals surface area contributed by atoms with Crippen molar-refractivity contribution in [1.29, 1.82) is 5.26 Å². The Morgan fingerprint density at radius 1 is 1.21 bits per heavy atom. The Balaban J connectivity index is 1.66. The van der Waals surface area contributed by atoms with E-state index in [0.29, 0.717) is 31.0 Å². The molecular weight excluding hydrogens is 374 g/mol. The van der Waals surface area contributed by atoms with E-state index in [1.807, 2.05) is 24.3 Å². The number of benzene rings is 2. The molecule has 2 aliphatic rings. The lowest BCUT2D eigenvalue weighted by Crippen LogP contribution is -2.40. The van der Waals surface area contributed by atoms with Gasteiger partial charge in [0, 0.05) is 42.5 Å². The Labute approximate surface area is 168 Å². The highest BCUT2D eigenvalue weighted by Crippen LogP contribution is 2.41. The minimum Gasteiger partial charge on any atom is -0.454 e. The van der Waals surface area contributed by atoms with Gasteiger partial charge in [-0.3, -0.25) is 10.1 Å². The molecule has 8 heteroatoms. The number of anilines is 1. The Hall–Kier alpha value is -3.31. The number of fused-ring (bicyclic) bond motifs is 1. The van der Waals surface area contributed by atoms with Crippen molar-refractivity contribution in [1.82, 2.24) is 0 Å². The fourth-order valence-corrected chi connectivity index (χ4v) is 3.96.